The molecule has 1 aromatic heterocycles. The Bertz CT molecular complexity index is 580. The van der Waals surface area contributed by atoms with Gasteiger partial charge in [0.05, 0.1) is 29.5 Å². The summed E-state index contributed by atoms with van der Waals surface area (Å²) in [6.45, 7) is 1.89. The van der Waals surface area contributed by atoms with Crippen molar-refractivity contribution in [1.82, 2.24) is 9.55 Å². The van der Waals surface area contributed by atoms with Crippen molar-refractivity contribution in [2.45, 2.75) is 13.0 Å². The van der Waals surface area contributed by atoms with Gasteiger partial charge >= 0.3 is 0 Å². The monoisotopic (exact) mass is 290 g/mol. The van der Waals surface area contributed by atoms with Crippen molar-refractivity contribution >= 4 is 15.9 Å². The minimum absolute atomic E-state index is 0.136. The van der Waals surface area contributed by atoms with Crippen LogP contribution in [0.5, 0.6) is 0 Å². The van der Waals surface area contributed by atoms with E-state index in [9.17, 15) is 0 Å². The second-order valence-corrected chi connectivity index (χ2v) is 4.67. The molecule has 2 N–H and O–H groups in total. The first-order chi connectivity index (χ1) is 8.13. The van der Waals surface area contributed by atoms with Crippen molar-refractivity contribution in [3.8, 4) is 11.8 Å². The molecule has 1 heterocycles. The van der Waals surface area contributed by atoms with Gasteiger partial charge < -0.3 is 10.3 Å². The smallest absolute Gasteiger partial charge is 0.101 e. The lowest BCUT2D eigenvalue weighted by Gasteiger charge is -2.12. The van der Waals surface area contributed by atoms with Crippen molar-refractivity contribution in [2.75, 3.05) is 0 Å². The Morgan fingerprint density at radius 3 is 2.94 bits per heavy atom. The summed E-state index contributed by atoms with van der Waals surface area (Å²) in [6, 6.07) is 7.52. The lowest BCUT2D eigenvalue weighted by molar-refractivity contribution is 0.752. The lowest BCUT2D eigenvalue weighted by Crippen LogP contribution is -2.11. The van der Waals surface area contributed by atoms with Gasteiger partial charge in [-0.1, -0.05) is 15.9 Å². The number of halogens is 1. The first kappa shape index (κ1) is 11.8. The third-order valence-electron chi connectivity index (χ3n) is 2.47. The fourth-order valence-electron chi connectivity index (χ4n) is 1.64. The van der Waals surface area contributed by atoms with Gasteiger partial charge in [-0.15, -0.1) is 0 Å². The number of hydrogen-bond acceptors (Lipinski definition) is 3. The molecule has 17 heavy (non-hydrogen) atoms. The predicted octanol–water partition coefficient (Wildman–Crippen LogP) is 2.53. The van der Waals surface area contributed by atoms with E-state index in [4.69, 9.17) is 11.0 Å². The van der Waals surface area contributed by atoms with Crippen LogP contribution >= 0.6 is 15.9 Å². The highest BCUT2D eigenvalue weighted by Crippen LogP contribution is 2.23. The van der Waals surface area contributed by atoms with Crippen LogP contribution in [0.1, 0.15) is 24.2 Å². The van der Waals surface area contributed by atoms with E-state index in [0.29, 0.717) is 5.56 Å². The number of aromatic nitrogens is 2. The van der Waals surface area contributed by atoms with Crippen LogP contribution in [0.3, 0.4) is 0 Å². The van der Waals surface area contributed by atoms with E-state index in [-0.39, 0.29) is 6.04 Å². The van der Waals surface area contributed by atoms with Gasteiger partial charge in [0.15, 0.2) is 0 Å². The number of nitrogens with two attached hydrogens (primary N) is 1. The number of imidazole rings is 1. The largest absolute Gasteiger partial charge is 0.323 e. The SMILES string of the molecule is C[C@H](N)c1cncn1-c1cc(Br)ccc1C#N. The third-order valence-corrected chi connectivity index (χ3v) is 2.97. The molecule has 0 aliphatic rings. The van der Waals surface area contributed by atoms with Crippen molar-refractivity contribution in [2.24, 2.45) is 5.73 Å². The normalized spacial score (nSPS) is 12.1. The third kappa shape index (κ3) is 2.23. The molecule has 0 unspecified atom stereocenters. The van der Waals surface area contributed by atoms with Gasteiger partial charge in [0, 0.05) is 10.5 Å². The van der Waals surface area contributed by atoms with Crippen LogP contribution in [-0.2, 0) is 0 Å². The molecule has 0 bridgehead atoms. The van der Waals surface area contributed by atoms with Crippen LogP contribution in [0.25, 0.3) is 5.69 Å². The molecule has 0 amide bonds. The molecule has 1 atom stereocenters. The van der Waals surface area contributed by atoms with Crippen molar-refractivity contribution in [3.63, 3.8) is 0 Å². The van der Waals surface area contributed by atoms with Crippen LogP contribution in [0, 0.1) is 11.3 Å². The second kappa shape index (κ2) is 4.70. The molecule has 0 aliphatic heterocycles. The molecule has 0 radical (unpaired) electrons. The maximum Gasteiger partial charge on any atom is 0.101 e. The number of hydrogen-bond donors (Lipinski definition) is 1. The Morgan fingerprint density at radius 2 is 2.29 bits per heavy atom. The van der Waals surface area contributed by atoms with E-state index in [1.165, 1.54) is 0 Å². The minimum Gasteiger partial charge on any atom is -0.323 e. The van der Waals surface area contributed by atoms with Gasteiger partial charge in [-0.3, -0.25) is 0 Å². The Hall–Kier alpha value is -1.64. The van der Waals surface area contributed by atoms with Crippen LogP contribution < -0.4 is 5.73 Å². The van der Waals surface area contributed by atoms with E-state index in [0.717, 1.165) is 15.9 Å². The van der Waals surface area contributed by atoms with Gasteiger partial charge in [-0.2, -0.15) is 5.26 Å². The van der Waals surface area contributed by atoms with Crippen LogP contribution in [0.2, 0.25) is 0 Å². The number of benzene rings is 1. The highest BCUT2D eigenvalue weighted by Gasteiger charge is 2.11. The molecule has 0 fully saturated rings. The maximum atomic E-state index is 9.11. The number of nitrogens with zero attached hydrogens (tertiary/aromatic N) is 3. The zero-order valence-corrected chi connectivity index (χ0v) is 10.8. The average molecular weight is 291 g/mol. The predicted molar refractivity (Wildman–Crippen MR) is 68.6 cm³/mol. The quantitative estimate of drug-likeness (QED) is 0.924. The molecule has 0 saturated heterocycles. The topological polar surface area (TPSA) is 67.6 Å². The van der Waals surface area contributed by atoms with E-state index in [1.807, 2.05) is 23.6 Å². The molecule has 2 aromatic rings. The highest BCUT2D eigenvalue weighted by atomic mass is 79.9. The number of nitriles is 1. The van der Waals surface area contributed by atoms with Crippen LogP contribution in [-0.4, -0.2) is 9.55 Å². The summed E-state index contributed by atoms with van der Waals surface area (Å²) in [5.74, 6) is 0. The Balaban J connectivity index is 2.64. The van der Waals surface area contributed by atoms with Gasteiger partial charge in [-0.25, -0.2) is 4.98 Å². The standard InChI is InChI=1S/C12H11BrN4/c1-8(15)12-6-16-7-17(12)11-4-10(13)3-2-9(11)5-14/h2-4,6-8H,15H2,1H3/t8-/m0/s1. The Labute approximate surface area is 108 Å². The Morgan fingerprint density at radius 1 is 1.53 bits per heavy atom. The molecule has 4 nitrogen and oxygen atoms in total. The zero-order chi connectivity index (χ0) is 12.4. The molecule has 1 aromatic carbocycles. The lowest BCUT2D eigenvalue weighted by atomic mass is 10.1. The Kier molecular flexibility index (Phi) is 3.27. The fourth-order valence-corrected chi connectivity index (χ4v) is 1.99. The molecule has 0 saturated carbocycles. The summed E-state index contributed by atoms with van der Waals surface area (Å²) >= 11 is 3.40. The zero-order valence-electron chi connectivity index (χ0n) is 9.26. The van der Waals surface area contributed by atoms with Crippen molar-refractivity contribution < 1.29 is 0 Å². The van der Waals surface area contributed by atoms with Crippen LogP contribution in [0.4, 0.5) is 0 Å². The molecular formula is C12H11BrN4. The van der Waals surface area contributed by atoms with E-state index < -0.39 is 0 Å². The number of rotatable bonds is 2. The summed E-state index contributed by atoms with van der Waals surface area (Å²) < 4.78 is 2.75. The molecule has 86 valence electrons. The maximum absolute atomic E-state index is 9.11. The second-order valence-electron chi connectivity index (χ2n) is 3.75. The molecule has 2 rings (SSSR count). The molecule has 0 spiro atoms. The van der Waals surface area contributed by atoms with Gasteiger partial charge in [0.25, 0.3) is 0 Å². The molecule has 0 aliphatic carbocycles. The van der Waals surface area contributed by atoms with E-state index in [1.54, 1.807) is 18.6 Å². The van der Waals surface area contributed by atoms with Gasteiger partial charge in [-0.05, 0) is 25.1 Å². The van der Waals surface area contributed by atoms with Gasteiger partial charge in [0.2, 0.25) is 0 Å². The average Bonchev–Trinajstić information content (AvgIpc) is 2.77. The van der Waals surface area contributed by atoms with Crippen LogP contribution in [0.15, 0.2) is 35.2 Å². The molecular weight excluding hydrogens is 280 g/mol. The summed E-state index contributed by atoms with van der Waals surface area (Å²) in [5, 5.41) is 9.11. The molecule has 5 heteroatoms. The summed E-state index contributed by atoms with van der Waals surface area (Å²) in [6.07, 6.45) is 3.38. The fraction of sp³-hybridized carbons (Fsp3) is 0.167. The summed E-state index contributed by atoms with van der Waals surface area (Å²) in [5.41, 5.74) is 8.12. The summed E-state index contributed by atoms with van der Waals surface area (Å²) in [4.78, 5) is 4.08. The first-order valence-electron chi connectivity index (χ1n) is 5.11. The first-order valence-corrected chi connectivity index (χ1v) is 5.90. The minimum atomic E-state index is -0.136. The van der Waals surface area contributed by atoms with E-state index >= 15 is 0 Å². The summed E-state index contributed by atoms with van der Waals surface area (Å²) in [7, 11) is 0. The van der Waals surface area contributed by atoms with E-state index in [2.05, 4.69) is 27.0 Å². The van der Waals surface area contributed by atoms with Crippen molar-refractivity contribution in [1.29, 1.82) is 5.26 Å². The van der Waals surface area contributed by atoms with Gasteiger partial charge in [0.1, 0.15) is 6.07 Å². The highest BCUT2D eigenvalue weighted by molar-refractivity contribution is 9.10. The van der Waals surface area contributed by atoms with Crippen molar-refractivity contribution in [3.05, 3.63) is 46.5 Å².